The smallest absolute Gasteiger partial charge is 0.240 e. The number of nitrogens with one attached hydrogen (secondary N) is 1. The van der Waals surface area contributed by atoms with E-state index in [-0.39, 0.29) is 18.0 Å². The zero-order valence-corrected chi connectivity index (χ0v) is 12.0. The van der Waals surface area contributed by atoms with Crippen LogP contribution in [-0.2, 0) is 10.0 Å². The highest BCUT2D eigenvalue weighted by atomic mass is 32.2. The maximum Gasteiger partial charge on any atom is 0.240 e. The molecule has 0 fully saturated rings. The topological polar surface area (TPSA) is 75.6 Å². The van der Waals surface area contributed by atoms with Crippen molar-refractivity contribution in [2.75, 3.05) is 19.8 Å². The molecule has 0 aliphatic heterocycles. The highest BCUT2D eigenvalue weighted by molar-refractivity contribution is 7.89. The van der Waals surface area contributed by atoms with Crippen molar-refractivity contribution in [3.8, 4) is 5.75 Å². The number of hydrogen-bond donors (Lipinski definition) is 2. The first-order valence-corrected chi connectivity index (χ1v) is 7.82. The van der Waals surface area contributed by atoms with E-state index < -0.39 is 10.0 Å². The Hall–Kier alpha value is -1.63. The zero-order valence-electron chi connectivity index (χ0n) is 11.2. The van der Waals surface area contributed by atoms with Gasteiger partial charge in [0.2, 0.25) is 10.0 Å². The molecule has 2 N–H and O–H groups in total. The third kappa shape index (κ3) is 3.27. The van der Waals surface area contributed by atoms with Crippen LogP contribution in [0.5, 0.6) is 5.75 Å². The van der Waals surface area contributed by atoms with Gasteiger partial charge in [0, 0.05) is 6.54 Å². The Kier molecular flexibility index (Phi) is 4.59. The fourth-order valence-corrected chi connectivity index (χ4v) is 2.94. The normalized spacial score (nSPS) is 11.7. The van der Waals surface area contributed by atoms with Crippen LogP contribution in [0.25, 0.3) is 10.8 Å². The molecule has 0 heterocycles. The standard InChI is InChI=1S/C14H17NO4S/c1-2-19-13-5-3-12-10-14(6-4-11(12)9-13)20(17,18)15-7-8-16/h3-6,9-10,15-16H,2,7-8H2,1H3. The van der Waals surface area contributed by atoms with E-state index in [4.69, 9.17) is 9.84 Å². The van der Waals surface area contributed by atoms with E-state index in [0.717, 1.165) is 16.5 Å². The average molecular weight is 295 g/mol. The minimum absolute atomic E-state index is 0.00362. The van der Waals surface area contributed by atoms with Gasteiger partial charge in [0.25, 0.3) is 0 Å². The Morgan fingerprint density at radius 2 is 1.85 bits per heavy atom. The average Bonchev–Trinajstić information content (AvgIpc) is 2.45. The summed E-state index contributed by atoms with van der Waals surface area (Å²) in [6.45, 7) is 2.27. The van der Waals surface area contributed by atoms with E-state index in [1.165, 1.54) is 6.07 Å². The van der Waals surface area contributed by atoms with E-state index in [2.05, 4.69) is 4.72 Å². The van der Waals surface area contributed by atoms with Crippen molar-refractivity contribution >= 4 is 20.8 Å². The first-order chi connectivity index (χ1) is 9.56. The monoisotopic (exact) mass is 295 g/mol. The number of sulfonamides is 1. The molecule has 0 bridgehead atoms. The predicted octanol–water partition coefficient (Wildman–Crippen LogP) is 1.51. The van der Waals surface area contributed by atoms with Crippen molar-refractivity contribution < 1.29 is 18.3 Å². The van der Waals surface area contributed by atoms with Crippen LogP contribution in [0.4, 0.5) is 0 Å². The maximum absolute atomic E-state index is 12.0. The second kappa shape index (κ2) is 6.21. The number of aliphatic hydroxyl groups is 1. The van der Waals surface area contributed by atoms with Crippen molar-refractivity contribution in [1.82, 2.24) is 4.72 Å². The van der Waals surface area contributed by atoms with Crippen molar-refractivity contribution in [3.05, 3.63) is 36.4 Å². The summed E-state index contributed by atoms with van der Waals surface area (Å²) in [5, 5.41) is 10.4. The van der Waals surface area contributed by atoms with E-state index in [1.807, 2.05) is 25.1 Å². The first kappa shape index (κ1) is 14.8. The molecule has 2 rings (SSSR count). The number of rotatable bonds is 6. The molecule has 0 atom stereocenters. The lowest BCUT2D eigenvalue weighted by Crippen LogP contribution is -2.26. The molecule has 0 amide bonds. The molecular formula is C14H17NO4S. The summed E-state index contributed by atoms with van der Waals surface area (Å²) < 4.78 is 31.6. The fourth-order valence-electron chi connectivity index (χ4n) is 1.89. The highest BCUT2D eigenvalue weighted by Crippen LogP contribution is 2.23. The largest absolute Gasteiger partial charge is 0.494 e. The molecule has 0 unspecified atom stereocenters. The number of fused-ring (bicyclic) bond motifs is 1. The lowest BCUT2D eigenvalue weighted by molar-refractivity contribution is 0.301. The fraction of sp³-hybridized carbons (Fsp3) is 0.286. The van der Waals surface area contributed by atoms with Crippen molar-refractivity contribution in [2.45, 2.75) is 11.8 Å². The van der Waals surface area contributed by atoms with Crippen molar-refractivity contribution in [2.24, 2.45) is 0 Å². The van der Waals surface area contributed by atoms with Crippen LogP contribution < -0.4 is 9.46 Å². The Balaban J connectivity index is 2.37. The third-order valence-electron chi connectivity index (χ3n) is 2.81. The minimum Gasteiger partial charge on any atom is -0.494 e. The molecular weight excluding hydrogens is 278 g/mol. The summed E-state index contributed by atoms with van der Waals surface area (Å²) >= 11 is 0. The Bertz CT molecular complexity index is 697. The second-order valence-corrected chi connectivity index (χ2v) is 5.99. The molecule has 0 spiro atoms. The molecule has 5 nitrogen and oxygen atoms in total. The molecule has 0 aliphatic rings. The van der Waals surface area contributed by atoms with Gasteiger partial charge in [0.1, 0.15) is 5.75 Å². The van der Waals surface area contributed by atoms with Crippen LogP contribution in [0.15, 0.2) is 41.3 Å². The summed E-state index contributed by atoms with van der Waals surface area (Å²) in [4.78, 5) is 0.183. The molecule has 0 saturated heterocycles. The highest BCUT2D eigenvalue weighted by Gasteiger charge is 2.13. The number of hydrogen-bond acceptors (Lipinski definition) is 4. The van der Waals surface area contributed by atoms with E-state index in [0.29, 0.717) is 6.61 Å². The summed E-state index contributed by atoms with van der Waals surface area (Å²) in [5.41, 5.74) is 0. The predicted molar refractivity (Wildman–Crippen MR) is 77.4 cm³/mol. The summed E-state index contributed by atoms with van der Waals surface area (Å²) in [6, 6.07) is 10.4. The van der Waals surface area contributed by atoms with E-state index >= 15 is 0 Å². The number of benzene rings is 2. The molecule has 0 radical (unpaired) electrons. The van der Waals surface area contributed by atoms with E-state index in [9.17, 15) is 8.42 Å². The van der Waals surface area contributed by atoms with Gasteiger partial charge in [-0.15, -0.1) is 0 Å². The van der Waals surface area contributed by atoms with Gasteiger partial charge < -0.3 is 9.84 Å². The Morgan fingerprint density at radius 3 is 2.55 bits per heavy atom. The molecule has 0 aliphatic carbocycles. The van der Waals surface area contributed by atoms with Crippen molar-refractivity contribution in [3.63, 3.8) is 0 Å². The van der Waals surface area contributed by atoms with Crippen LogP contribution >= 0.6 is 0 Å². The van der Waals surface area contributed by atoms with Gasteiger partial charge in [-0.3, -0.25) is 0 Å². The number of aliphatic hydroxyl groups excluding tert-OH is 1. The first-order valence-electron chi connectivity index (χ1n) is 6.34. The SMILES string of the molecule is CCOc1ccc2cc(S(=O)(=O)NCCO)ccc2c1. The lowest BCUT2D eigenvalue weighted by Gasteiger charge is -2.08. The Morgan fingerprint density at radius 1 is 1.15 bits per heavy atom. The van der Waals surface area contributed by atoms with Gasteiger partial charge in [0.15, 0.2) is 0 Å². The quantitative estimate of drug-likeness (QED) is 0.847. The molecule has 6 heteroatoms. The number of ether oxygens (including phenoxy) is 1. The molecule has 20 heavy (non-hydrogen) atoms. The third-order valence-corrected chi connectivity index (χ3v) is 4.27. The van der Waals surface area contributed by atoms with Gasteiger partial charge >= 0.3 is 0 Å². The maximum atomic E-state index is 12.0. The van der Waals surface area contributed by atoms with Crippen molar-refractivity contribution in [1.29, 1.82) is 0 Å². The molecule has 0 saturated carbocycles. The van der Waals surface area contributed by atoms with Crippen LogP contribution in [0.2, 0.25) is 0 Å². The van der Waals surface area contributed by atoms with Gasteiger partial charge in [-0.25, -0.2) is 13.1 Å². The molecule has 0 aromatic heterocycles. The van der Waals surface area contributed by atoms with E-state index in [1.54, 1.807) is 12.1 Å². The van der Waals surface area contributed by atoms with Crippen LogP contribution in [0.1, 0.15) is 6.92 Å². The summed E-state index contributed by atoms with van der Waals surface area (Å²) in [5.74, 6) is 0.758. The molecule has 2 aromatic carbocycles. The van der Waals surface area contributed by atoms with Gasteiger partial charge in [-0.2, -0.15) is 0 Å². The van der Waals surface area contributed by atoms with Gasteiger partial charge in [-0.05, 0) is 42.0 Å². The van der Waals surface area contributed by atoms with Crippen LogP contribution in [0, 0.1) is 0 Å². The van der Waals surface area contributed by atoms with Gasteiger partial charge in [-0.1, -0.05) is 12.1 Å². The summed E-state index contributed by atoms with van der Waals surface area (Å²) in [7, 11) is -3.58. The molecule has 2 aromatic rings. The minimum atomic E-state index is -3.58. The molecule has 108 valence electrons. The zero-order chi connectivity index (χ0) is 14.6. The van der Waals surface area contributed by atoms with Crippen LogP contribution in [-0.4, -0.2) is 33.3 Å². The summed E-state index contributed by atoms with van der Waals surface area (Å²) in [6.07, 6.45) is 0. The second-order valence-electron chi connectivity index (χ2n) is 4.23. The Labute approximate surface area is 118 Å². The van der Waals surface area contributed by atoms with Crippen LogP contribution in [0.3, 0.4) is 0 Å². The lowest BCUT2D eigenvalue weighted by atomic mass is 10.1. The van der Waals surface area contributed by atoms with Gasteiger partial charge in [0.05, 0.1) is 18.1 Å².